The molecule has 1 heterocycles. The fourth-order valence-corrected chi connectivity index (χ4v) is 2.98. The molecule has 21 heavy (non-hydrogen) atoms. The molecule has 0 unspecified atom stereocenters. The van der Waals surface area contributed by atoms with Gasteiger partial charge in [0, 0.05) is 12.4 Å². The molecule has 1 aliphatic rings. The van der Waals surface area contributed by atoms with Crippen LogP contribution in [0.25, 0.3) is 0 Å². The monoisotopic (exact) mass is 289 g/mol. The number of rotatable bonds is 4. The van der Waals surface area contributed by atoms with Crippen LogP contribution in [0.5, 0.6) is 0 Å². The molecule has 3 N–H and O–H groups in total. The van der Waals surface area contributed by atoms with Crippen molar-refractivity contribution in [3.8, 4) is 0 Å². The average Bonchev–Trinajstić information content (AvgIpc) is 2.86. The highest BCUT2D eigenvalue weighted by molar-refractivity contribution is 5.86. The lowest BCUT2D eigenvalue weighted by molar-refractivity contribution is -0.127. The zero-order chi connectivity index (χ0) is 15.5. The summed E-state index contributed by atoms with van der Waals surface area (Å²) in [7, 11) is 0. The number of hydrogen-bond donors (Lipinski definition) is 2. The molecule has 1 aromatic heterocycles. The van der Waals surface area contributed by atoms with Gasteiger partial charge in [-0.1, -0.05) is 39.7 Å². The van der Waals surface area contributed by atoms with Crippen LogP contribution in [0.2, 0.25) is 0 Å². The summed E-state index contributed by atoms with van der Waals surface area (Å²) in [4.78, 5) is 16.8. The first-order valence-corrected chi connectivity index (χ1v) is 7.80. The first-order valence-electron chi connectivity index (χ1n) is 7.80. The number of amides is 1. The number of aromatic nitrogens is 1. The smallest absolute Gasteiger partial charge is 0.240 e. The van der Waals surface area contributed by atoms with Crippen LogP contribution in [0.3, 0.4) is 0 Å². The van der Waals surface area contributed by atoms with Crippen molar-refractivity contribution in [1.82, 2.24) is 10.3 Å². The molecule has 116 valence electrons. The second-order valence-electron chi connectivity index (χ2n) is 7.44. The van der Waals surface area contributed by atoms with Crippen LogP contribution in [0.4, 0.5) is 0 Å². The Bertz CT molecular complexity index is 473. The van der Waals surface area contributed by atoms with Gasteiger partial charge in [0.15, 0.2) is 0 Å². The summed E-state index contributed by atoms with van der Waals surface area (Å²) in [5, 5.41) is 3.17. The van der Waals surface area contributed by atoms with Crippen molar-refractivity contribution in [3.05, 3.63) is 30.1 Å². The normalized spacial score (nSPS) is 19.2. The van der Waals surface area contributed by atoms with Gasteiger partial charge in [-0.25, -0.2) is 0 Å². The highest BCUT2D eigenvalue weighted by Crippen LogP contribution is 2.32. The maximum Gasteiger partial charge on any atom is 0.240 e. The molecule has 1 aromatic rings. The van der Waals surface area contributed by atoms with E-state index in [0.29, 0.717) is 0 Å². The molecule has 0 radical (unpaired) electrons. The lowest BCUT2D eigenvalue weighted by atomic mass is 9.85. The van der Waals surface area contributed by atoms with Crippen molar-refractivity contribution in [1.29, 1.82) is 0 Å². The molecule has 1 fully saturated rings. The van der Waals surface area contributed by atoms with Crippen molar-refractivity contribution in [2.24, 2.45) is 11.1 Å². The van der Waals surface area contributed by atoms with Gasteiger partial charge in [-0.05, 0) is 36.3 Å². The predicted molar refractivity (Wildman–Crippen MR) is 84.6 cm³/mol. The second kappa shape index (κ2) is 6.14. The Morgan fingerprint density at radius 1 is 1.43 bits per heavy atom. The Hall–Kier alpha value is -1.42. The Morgan fingerprint density at radius 2 is 2.10 bits per heavy atom. The van der Waals surface area contributed by atoms with Gasteiger partial charge in [-0.2, -0.15) is 0 Å². The summed E-state index contributed by atoms with van der Waals surface area (Å²) >= 11 is 0. The molecule has 1 aliphatic carbocycles. The maximum atomic E-state index is 12.6. The molecule has 1 atom stereocenters. The van der Waals surface area contributed by atoms with E-state index in [2.05, 4.69) is 31.1 Å². The van der Waals surface area contributed by atoms with E-state index in [4.69, 9.17) is 5.73 Å². The summed E-state index contributed by atoms with van der Waals surface area (Å²) in [5.74, 6) is -0.0156. The maximum absolute atomic E-state index is 12.6. The fourth-order valence-electron chi connectivity index (χ4n) is 2.98. The van der Waals surface area contributed by atoms with Gasteiger partial charge in [0.1, 0.15) is 0 Å². The Labute approximate surface area is 127 Å². The summed E-state index contributed by atoms with van der Waals surface area (Å²) in [6.45, 7) is 6.53. The highest BCUT2D eigenvalue weighted by Gasteiger charge is 2.38. The van der Waals surface area contributed by atoms with E-state index in [0.717, 1.165) is 37.7 Å². The van der Waals surface area contributed by atoms with Gasteiger partial charge < -0.3 is 11.1 Å². The largest absolute Gasteiger partial charge is 0.348 e. The number of carbonyl (C=O) groups excluding carboxylic acids is 1. The van der Waals surface area contributed by atoms with Crippen molar-refractivity contribution in [3.63, 3.8) is 0 Å². The average molecular weight is 289 g/mol. The number of nitrogens with zero attached hydrogens (tertiary/aromatic N) is 1. The zero-order valence-corrected chi connectivity index (χ0v) is 13.4. The quantitative estimate of drug-likeness (QED) is 0.895. The number of carbonyl (C=O) groups is 1. The standard InChI is InChI=1S/C17H27N3O/c1-16(2,3)11-14(13-7-6-10-19-12-13)20-15(21)17(18)8-4-5-9-17/h6-7,10,12,14H,4-5,8-9,11,18H2,1-3H3,(H,20,21)/t14-/m1/s1. The molecule has 1 amide bonds. The van der Waals surface area contributed by atoms with Crippen LogP contribution in [0.15, 0.2) is 24.5 Å². The molecule has 4 nitrogen and oxygen atoms in total. The lowest BCUT2D eigenvalue weighted by Gasteiger charge is -2.30. The predicted octanol–water partition coefficient (Wildman–Crippen LogP) is 2.95. The van der Waals surface area contributed by atoms with Crippen LogP contribution in [-0.2, 0) is 4.79 Å². The van der Waals surface area contributed by atoms with Gasteiger partial charge in [0.25, 0.3) is 0 Å². The third kappa shape index (κ3) is 4.27. The van der Waals surface area contributed by atoms with Gasteiger partial charge in [0.2, 0.25) is 5.91 Å². The topological polar surface area (TPSA) is 68.0 Å². The van der Waals surface area contributed by atoms with Crippen LogP contribution in [0.1, 0.15) is 64.5 Å². The number of nitrogens with one attached hydrogen (secondary N) is 1. The molecule has 0 aliphatic heterocycles. The van der Waals surface area contributed by atoms with Crippen LogP contribution in [0, 0.1) is 5.41 Å². The van der Waals surface area contributed by atoms with Crippen LogP contribution in [-0.4, -0.2) is 16.4 Å². The Morgan fingerprint density at radius 3 is 2.62 bits per heavy atom. The first-order chi connectivity index (χ1) is 9.80. The van der Waals surface area contributed by atoms with Crippen molar-refractivity contribution < 1.29 is 4.79 Å². The van der Waals surface area contributed by atoms with Crippen LogP contribution >= 0.6 is 0 Å². The minimum absolute atomic E-state index is 0.0156. The first kappa shape index (κ1) is 16.0. The van der Waals surface area contributed by atoms with Crippen molar-refractivity contribution in [2.45, 2.75) is 64.5 Å². The van der Waals surface area contributed by atoms with E-state index >= 15 is 0 Å². The van der Waals surface area contributed by atoms with E-state index in [-0.39, 0.29) is 17.4 Å². The summed E-state index contributed by atoms with van der Waals surface area (Å²) in [6, 6.07) is 3.89. The summed E-state index contributed by atoms with van der Waals surface area (Å²) < 4.78 is 0. The molecular weight excluding hydrogens is 262 g/mol. The number of pyridine rings is 1. The van der Waals surface area contributed by atoms with Gasteiger partial charge >= 0.3 is 0 Å². The van der Waals surface area contributed by atoms with E-state index in [1.165, 1.54) is 0 Å². The third-order valence-corrected chi connectivity index (χ3v) is 4.16. The minimum atomic E-state index is -0.682. The third-order valence-electron chi connectivity index (χ3n) is 4.16. The highest BCUT2D eigenvalue weighted by atomic mass is 16.2. The van der Waals surface area contributed by atoms with Crippen molar-refractivity contribution >= 4 is 5.91 Å². The van der Waals surface area contributed by atoms with Gasteiger partial charge in [-0.3, -0.25) is 9.78 Å². The minimum Gasteiger partial charge on any atom is -0.348 e. The zero-order valence-electron chi connectivity index (χ0n) is 13.4. The van der Waals surface area contributed by atoms with E-state index < -0.39 is 5.54 Å². The second-order valence-corrected chi connectivity index (χ2v) is 7.44. The van der Waals surface area contributed by atoms with E-state index in [9.17, 15) is 4.79 Å². The fraction of sp³-hybridized carbons (Fsp3) is 0.647. The molecule has 0 spiro atoms. The molecular formula is C17H27N3O. The van der Waals surface area contributed by atoms with Gasteiger partial charge in [-0.15, -0.1) is 0 Å². The molecule has 0 saturated heterocycles. The molecule has 2 rings (SSSR count). The Kier molecular flexibility index (Phi) is 4.67. The van der Waals surface area contributed by atoms with Crippen molar-refractivity contribution in [2.75, 3.05) is 0 Å². The SMILES string of the molecule is CC(C)(C)C[C@@H](NC(=O)C1(N)CCCC1)c1cccnc1. The molecule has 1 saturated carbocycles. The van der Waals surface area contributed by atoms with Crippen LogP contribution < -0.4 is 11.1 Å². The molecule has 0 bridgehead atoms. The molecule has 0 aromatic carbocycles. The summed E-state index contributed by atoms with van der Waals surface area (Å²) in [6.07, 6.45) is 8.10. The molecule has 4 heteroatoms. The Balaban J connectivity index is 2.14. The van der Waals surface area contributed by atoms with Gasteiger partial charge in [0.05, 0.1) is 11.6 Å². The van der Waals surface area contributed by atoms with E-state index in [1.54, 1.807) is 6.20 Å². The number of nitrogens with two attached hydrogens (primary N) is 1. The lowest BCUT2D eigenvalue weighted by Crippen LogP contribution is -2.53. The number of hydrogen-bond acceptors (Lipinski definition) is 3. The summed E-state index contributed by atoms with van der Waals surface area (Å²) in [5.41, 5.74) is 6.74. The van der Waals surface area contributed by atoms with E-state index in [1.807, 2.05) is 18.3 Å².